The predicted molar refractivity (Wildman–Crippen MR) is 116 cm³/mol. The average molecular weight is 389 g/mol. The molecule has 2 heterocycles. The zero-order valence-corrected chi connectivity index (χ0v) is 17.1. The van der Waals surface area contributed by atoms with Crippen LogP contribution in [0.5, 0.6) is 0 Å². The van der Waals surface area contributed by atoms with Crippen LogP contribution in [-0.2, 0) is 6.54 Å². The number of amides is 1. The van der Waals surface area contributed by atoms with Crippen LogP contribution in [0.2, 0.25) is 0 Å². The van der Waals surface area contributed by atoms with Crippen LogP contribution in [0.15, 0.2) is 60.7 Å². The van der Waals surface area contributed by atoms with E-state index in [9.17, 15) is 4.79 Å². The van der Waals surface area contributed by atoms with Crippen LogP contribution in [0, 0.1) is 12.8 Å². The first-order chi connectivity index (χ1) is 14.1. The van der Waals surface area contributed by atoms with E-state index in [4.69, 9.17) is 0 Å². The highest BCUT2D eigenvalue weighted by molar-refractivity contribution is 6.02. The Balaban J connectivity index is 1.39. The van der Waals surface area contributed by atoms with Crippen LogP contribution >= 0.6 is 0 Å². The molecule has 1 aromatic heterocycles. The lowest BCUT2D eigenvalue weighted by atomic mass is 9.99. The molecule has 0 radical (unpaired) electrons. The zero-order valence-electron chi connectivity index (χ0n) is 17.1. The maximum absolute atomic E-state index is 12.6. The zero-order chi connectivity index (χ0) is 20.2. The largest absolute Gasteiger partial charge is 0.321 e. The molecular formula is C24H28N4O. The fourth-order valence-electron chi connectivity index (χ4n) is 3.78. The van der Waals surface area contributed by atoms with Gasteiger partial charge in [-0.3, -0.25) is 9.69 Å². The Morgan fingerprint density at radius 2 is 1.76 bits per heavy atom. The van der Waals surface area contributed by atoms with Gasteiger partial charge in [0, 0.05) is 17.9 Å². The lowest BCUT2D eigenvalue weighted by molar-refractivity contribution is 0.102. The molecule has 5 heteroatoms. The Morgan fingerprint density at radius 1 is 1.07 bits per heavy atom. The number of anilines is 1. The number of para-hydroxylation sites is 1. The molecule has 0 unspecified atom stereocenters. The standard InChI is InChI=1S/C24H28N4O/c1-18-12-14-27(15-13-18)17-20-8-10-21(11-9-20)25-24(29)23-16-19(2)28(26-23)22-6-4-3-5-7-22/h3-11,16,18H,12-15,17H2,1-2H3,(H,25,29). The van der Waals surface area contributed by atoms with Crippen molar-refractivity contribution in [2.24, 2.45) is 5.92 Å². The van der Waals surface area contributed by atoms with Crippen LogP contribution in [0.25, 0.3) is 5.69 Å². The second-order valence-electron chi connectivity index (χ2n) is 8.03. The Kier molecular flexibility index (Phi) is 5.76. The quantitative estimate of drug-likeness (QED) is 0.691. The average Bonchev–Trinajstić information content (AvgIpc) is 3.14. The molecule has 1 saturated heterocycles. The number of hydrogen-bond donors (Lipinski definition) is 1. The summed E-state index contributed by atoms with van der Waals surface area (Å²) in [4.78, 5) is 15.2. The van der Waals surface area contributed by atoms with Crippen molar-refractivity contribution in [1.29, 1.82) is 0 Å². The number of likely N-dealkylation sites (tertiary alicyclic amines) is 1. The maximum atomic E-state index is 12.6. The summed E-state index contributed by atoms with van der Waals surface area (Å²) in [5.74, 6) is 0.651. The highest BCUT2D eigenvalue weighted by atomic mass is 16.1. The molecule has 1 aliphatic heterocycles. The normalized spacial score (nSPS) is 15.4. The Hall–Kier alpha value is -2.92. The van der Waals surface area contributed by atoms with E-state index in [0.717, 1.165) is 29.5 Å². The first-order valence-corrected chi connectivity index (χ1v) is 10.3. The van der Waals surface area contributed by atoms with Gasteiger partial charge >= 0.3 is 0 Å². The molecular weight excluding hydrogens is 360 g/mol. The van der Waals surface area contributed by atoms with Crippen molar-refractivity contribution in [3.63, 3.8) is 0 Å². The van der Waals surface area contributed by atoms with Crippen molar-refractivity contribution in [2.75, 3.05) is 18.4 Å². The van der Waals surface area contributed by atoms with Gasteiger partial charge in [0.2, 0.25) is 0 Å². The number of piperidine rings is 1. The van der Waals surface area contributed by atoms with Crippen LogP contribution in [0.4, 0.5) is 5.69 Å². The lowest BCUT2D eigenvalue weighted by Crippen LogP contribution is -2.32. The van der Waals surface area contributed by atoms with E-state index < -0.39 is 0 Å². The van der Waals surface area contributed by atoms with E-state index in [1.807, 2.05) is 55.5 Å². The van der Waals surface area contributed by atoms with Gasteiger partial charge in [0.25, 0.3) is 5.91 Å². The summed E-state index contributed by atoms with van der Waals surface area (Å²) < 4.78 is 1.79. The lowest BCUT2D eigenvalue weighted by Gasteiger charge is -2.30. The second-order valence-corrected chi connectivity index (χ2v) is 8.03. The van der Waals surface area contributed by atoms with Gasteiger partial charge in [0.15, 0.2) is 5.69 Å². The predicted octanol–water partition coefficient (Wildman–Crippen LogP) is 4.66. The summed E-state index contributed by atoms with van der Waals surface area (Å²) >= 11 is 0. The van der Waals surface area contributed by atoms with E-state index >= 15 is 0 Å². The highest BCUT2D eigenvalue weighted by Gasteiger charge is 2.16. The van der Waals surface area contributed by atoms with Crippen molar-refractivity contribution in [3.05, 3.63) is 77.6 Å². The second kappa shape index (κ2) is 8.62. The Bertz CT molecular complexity index is 954. The number of nitrogens with zero attached hydrogens (tertiary/aromatic N) is 3. The molecule has 1 aliphatic rings. The van der Waals surface area contributed by atoms with Crippen molar-refractivity contribution >= 4 is 11.6 Å². The minimum Gasteiger partial charge on any atom is -0.321 e. The molecule has 29 heavy (non-hydrogen) atoms. The molecule has 1 N–H and O–H groups in total. The summed E-state index contributed by atoms with van der Waals surface area (Å²) in [5.41, 5.74) is 4.35. The third-order valence-electron chi connectivity index (χ3n) is 5.62. The van der Waals surface area contributed by atoms with E-state index in [1.54, 1.807) is 4.68 Å². The number of hydrogen-bond acceptors (Lipinski definition) is 3. The number of carbonyl (C=O) groups is 1. The number of aryl methyl sites for hydroxylation is 1. The van der Waals surface area contributed by atoms with Gasteiger partial charge in [0.05, 0.1) is 5.69 Å². The van der Waals surface area contributed by atoms with Crippen LogP contribution in [0.3, 0.4) is 0 Å². The number of rotatable bonds is 5. The van der Waals surface area contributed by atoms with Crippen LogP contribution < -0.4 is 5.32 Å². The Morgan fingerprint density at radius 3 is 2.45 bits per heavy atom. The summed E-state index contributed by atoms with van der Waals surface area (Å²) in [6, 6.07) is 19.8. The maximum Gasteiger partial charge on any atom is 0.276 e. The van der Waals surface area contributed by atoms with Crippen molar-refractivity contribution < 1.29 is 4.79 Å². The minimum atomic E-state index is -0.194. The molecule has 5 nitrogen and oxygen atoms in total. The highest BCUT2D eigenvalue weighted by Crippen LogP contribution is 2.19. The summed E-state index contributed by atoms with van der Waals surface area (Å²) in [5, 5.41) is 7.43. The van der Waals surface area contributed by atoms with Gasteiger partial charge in [-0.25, -0.2) is 4.68 Å². The monoisotopic (exact) mass is 388 g/mol. The molecule has 2 aromatic carbocycles. The molecule has 0 aliphatic carbocycles. The summed E-state index contributed by atoms with van der Waals surface area (Å²) in [7, 11) is 0. The Labute approximate surface area is 172 Å². The number of aromatic nitrogens is 2. The number of nitrogens with one attached hydrogen (secondary N) is 1. The van der Waals surface area contributed by atoms with Gasteiger partial charge in [-0.2, -0.15) is 5.10 Å². The minimum absolute atomic E-state index is 0.194. The van der Waals surface area contributed by atoms with Crippen molar-refractivity contribution in [2.45, 2.75) is 33.2 Å². The molecule has 0 bridgehead atoms. The topological polar surface area (TPSA) is 50.2 Å². The third-order valence-corrected chi connectivity index (χ3v) is 5.62. The molecule has 1 amide bonds. The smallest absolute Gasteiger partial charge is 0.276 e. The van der Waals surface area contributed by atoms with Crippen molar-refractivity contribution in [1.82, 2.24) is 14.7 Å². The van der Waals surface area contributed by atoms with Gasteiger partial charge in [-0.1, -0.05) is 37.3 Å². The van der Waals surface area contributed by atoms with Gasteiger partial charge in [-0.15, -0.1) is 0 Å². The van der Waals surface area contributed by atoms with E-state index in [1.165, 1.54) is 31.5 Å². The first-order valence-electron chi connectivity index (χ1n) is 10.3. The van der Waals surface area contributed by atoms with Crippen molar-refractivity contribution in [3.8, 4) is 5.69 Å². The van der Waals surface area contributed by atoms with E-state index in [0.29, 0.717) is 5.69 Å². The van der Waals surface area contributed by atoms with E-state index in [-0.39, 0.29) is 5.91 Å². The van der Waals surface area contributed by atoms with Crippen LogP contribution in [0.1, 0.15) is 41.5 Å². The SMILES string of the molecule is Cc1cc(C(=O)Nc2ccc(CN3CCC(C)CC3)cc2)nn1-c1ccccc1. The van der Waals surface area contributed by atoms with Gasteiger partial charge < -0.3 is 5.32 Å². The molecule has 4 rings (SSSR count). The van der Waals surface area contributed by atoms with Gasteiger partial charge in [-0.05, 0) is 74.7 Å². The number of carbonyl (C=O) groups excluding carboxylic acids is 1. The summed E-state index contributed by atoms with van der Waals surface area (Å²) in [6.07, 6.45) is 2.56. The molecule has 1 fully saturated rings. The summed E-state index contributed by atoms with van der Waals surface area (Å²) in [6.45, 7) is 7.60. The fourth-order valence-corrected chi connectivity index (χ4v) is 3.78. The molecule has 0 saturated carbocycles. The fraction of sp³-hybridized carbons (Fsp3) is 0.333. The third kappa shape index (κ3) is 4.74. The van der Waals surface area contributed by atoms with E-state index in [2.05, 4.69) is 34.4 Å². The van der Waals surface area contributed by atoms with Gasteiger partial charge in [0.1, 0.15) is 0 Å². The molecule has 150 valence electrons. The molecule has 3 aromatic rings. The van der Waals surface area contributed by atoms with Crippen LogP contribution in [-0.4, -0.2) is 33.7 Å². The number of benzene rings is 2. The molecule has 0 spiro atoms. The molecule has 0 atom stereocenters. The first kappa shape index (κ1) is 19.4.